The van der Waals surface area contributed by atoms with E-state index in [-0.39, 0.29) is 16.4 Å². The van der Waals surface area contributed by atoms with Gasteiger partial charge in [0.2, 0.25) is 5.76 Å². The van der Waals surface area contributed by atoms with Gasteiger partial charge in [-0.1, -0.05) is 18.2 Å². The molecule has 0 saturated heterocycles. The van der Waals surface area contributed by atoms with Crippen LogP contribution in [-0.4, -0.2) is 11.1 Å². The average molecular weight is 274 g/mol. The lowest BCUT2D eigenvalue weighted by Gasteiger charge is -2.22. The van der Waals surface area contributed by atoms with E-state index in [2.05, 4.69) is 0 Å². The predicted octanol–water partition coefficient (Wildman–Crippen LogP) is 3.17. The highest BCUT2D eigenvalue weighted by molar-refractivity contribution is 7.99. The zero-order valence-electron chi connectivity index (χ0n) is 10.0. The van der Waals surface area contributed by atoms with Gasteiger partial charge in [-0.2, -0.15) is 0 Å². The van der Waals surface area contributed by atoms with Crippen molar-refractivity contribution in [3.63, 3.8) is 0 Å². The molecular formula is C14H10O4S. The minimum atomic E-state index is -1.23. The molecule has 0 saturated carbocycles. The number of hydrogen-bond donors (Lipinski definition) is 1. The zero-order chi connectivity index (χ0) is 13.6. The Bertz CT molecular complexity index is 732. The Morgan fingerprint density at radius 3 is 2.84 bits per heavy atom. The summed E-state index contributed by atoms with van der Waals surface area (Å²) in [4.78, 5) is 24.1. The molecule has 4 nitrogen and oxygen atoms in total. The van der Waals surface area contributed by atoms with Crippen molar-refractivity contribution in [1.29, 1.82) is 0 Å². The SMILES string of the molecule is CC1Sc2ccccc2-c2oc(C(=O)O)cc(=O)c21. The van der Waals surface area contributed by atoms with Gasteiger partial charge in [-0.15, -0.1) is 11.8 Å². The number of fused-ring (bicyclic) bond motifs is 3. The smallest absolute Gasteiger partial charge is 0.371 e. The van der Waals surface area contributed by atoms with Crippen molar-refractivity contribution in [3.05, 3.63) is 51.9 Å². The van der Waals surface area contributed by atoms with Gasteiger partial charge in [-0.05, 0) is 13.0 Å². The molecule has 0 spiro atoms. The first kappa shape index (κ1) is 12.0. The van der Waals surface area contributed by atoms with Gasteiger partial charge in [0.05, 0.1) is 5.56 Å². The summed E-state index contributed by atoms with van der Waals surface area (Å²) in [5, 5.41) is 8.94. The molecule has 19 heavy (non-hydrogen) atoms. The molecule has 0 bridgehead atoms. The predicted molar refractivity (Wildman–Crippen MR) is 71.6 cm³/mol. The van der Waals surface area contributed by atoms with Gasteiger partial charge in [0.15, 0.2) is 5.43 Å². The number of benzene rings is 1. The second kappa shape index (κ2) is 4.28. The van der Waals surface area contributed by atoms with E-state index in [1.807, 2.05) is 31.2 Å². The van der Waals surface area contributed by atoms with Crippen LogP contribution >= 0.6 is 11.8 Å². The first-order valence-electron chi connectivity index (χ1n) is 5.75. The molecule has 1 aliphatic heterocycles. The number of carboxylic acids is 1. The third-order valence-electron chi connectivity index (χ3n) is 3.04. The minimum Gasteiger partial charge on any atom is -0.475 e. The van der Waals surface area contributed by atoms with Crippen LogP contribution in [0, 0.1) is 0 Å². The van der Waals surface area contributed by atoms with Crippen molar-refractivity contribution in [1.82, 2.24) is 0 Å². The Morgan fingerprint density at radius 2 is 2.11 bits per heavy atom. The molecule has 2 heterocycles. The van der Waals surface area contributed by atoms with Gasteiger partial charge in [-0.25, -0.2) is 4.79 Å². The van der Waals surface area contributed by atoms with Gasteiger partial charge in [0, 0.05) is 21.8 Å². The number of thioether (sulfide) groups is 1. The molecule has 96 valence electrons. The Morgan fingerprint density at radius 1 is 1.37 bits per heavy atom. The van der Waals surface area contributed by atoms with Gasteiger partial charge in [0.1, 0.15) is 5.76 Å². The summed E-state index contributed by atoms with van der Waals surface area (Å²) in [6, 6.07) is 8.57. The normalized spacial score (nSPS) is 16.6. The lowest BCUT2D eigenvalue weighted by molar-refractivity contribution is 0.0660. The third kappa shape index (κ3) is 1.86. The van der Waals surface area contributed by atoms with Crippen LogP contribution in [0.25, 0.3) is 11.3 Å². The van der Waals surface area contributed by atoms with Crippen molar-refractivity contribution in [3.8, 4) is 11.3 Å². The van der Waals surface area contributed by atoms with Crippen molar-refractivity contribution in [2.45, 2.75) is 17.1 Å². The minimum absolute atomic E-state index is 0.0519. The van der Waals surface area contributed by atoms with Gasteiger partial charge < -0.3 is 9.52 Å². The summed E-state index contributed by atoms with van der Waals surface area (Å²) in [5.74, 6) is -1.17. The van der Waals surface area contributed by atoms with E-state index in [1.165, 1.54) is 0 Å². The second-order valence-electron chi connectivity index (χ2n) is 4.28. The molecule has 1 aromatic carbocycles. The van der Waals surface area contributed by atoms with Crippen LogP contribution in [0.3, 0.4) is 0 Å². The largest absolute Gasteiger partial charge is 0.475 e. The van der Waals surface area contributed by atoms with Crippen LogP contribution in [-0.2, 0) is 0 Å². The van der Waals surface area contributed by atoms with Crippen LogP contribution in [0.1, 0.15) is 28.3 Å². The molecule has 1 N–H and O–H groups in total. The first-order chi connectivity index (χ1) is 9.08. The van der Waals surface area contributed by atoms with Crippen molar-refractivity contribution >= 4 is 17.7 Å². The fraction of sp³-hybridized carbons (Fsp3) is 0.143. The van der Waals surface area contributed by atoms with Crippen LogP contribution < -0.4 is 5.43 Å². The summed E-state index contributed by atoms with van der Waals surface area (Å²) in [5.41, 5.74) is 1.03. The van der Waals surface area contributed by atoms with Gasteiger partial charge in [-0.3, -0.25) is 4.79 Å². The number of rotatable bonds is 1. The highest BCUT2D eigenvalue weighted by Crippen LogP contribution is 2.47. The molecule has 1 unspecified atom stereocenters. The van der Waals surface area contributed by atoms with Crippen molar-refractivity contribution < 1.29 is 14.3 Å². The maximum atomic E-state index is 12.1. The summed E-state index contributed by atoms with van der Waals surface area (Å²) < 4.78 is 5.43. The molecular weight excluding hydrogens is 264 g/mol. The fourth-order valence-corrected chi connectivity index (χ4v) is 3.37. The van der Waals surface area contributed by atoms with E-state index in [0.29, 0.717) is 11.3 Å². The summed E-state index contributed by atoms with van der Waals surface area (Å²) >= 11 is 1.58. The standard InChI is InChI=1S/C14H10O4S/c1-7-12-9(15)6-10(14(16)17)18-13(12)8-4-2-3-5-11(8)19-7/h2-7H,1H3,(H,16,17). The summed E-state index contributed by atoms with van der Waals surface area (Å²) in [6.45, 7) is 1.91. The van der Waals surface area contributed by atoms with Crippen LogP contribution in [0.15, 0.2) is 44.4 Å². The van der Waals surface area contributed by atoms with Crippen LogP contribution in [0.5, 0.6) is 0 Å². The number of carbonyl (C=O) groups is 1. The van der Waals surface area contributed by atoms with Crippen LogP contribution in [0.2, 0.25) is 0 Å². The second-order valence-corrected chi connectivity index (χ2v) is 5.66. The average Bonchev–Trinajstić information content (AvgIpc) is 2.38. The third-order valence-corrected chi connectivity index (χ3v) is 4.24. The topological polar surface area (TPSA) is 67.5 Å². The maximum Gasteiger partial charge on any atom is 0.371 e. The molecule has 0 fully saturated rings. The van der Waals surface area contributed by atoms with E-state index in [9.17, 15) is 9.59 Å². The number of carboxylic acid groups (broad SMARTS) is 1. The molecule has 0 amide bonds. The number of hydrogen-bond acceptors (Lipinski definition) is 4. The lowest BCUT2D eigenvalue weighted by atomic mass is 10.0. The maximum absolute atomic E-state index is 12.1. The summed E-state index contributed by atoms with van der Waals surface area (Å²) in [6.07, 6.45) is 0. The molecule has 0 radical (unpaired) electrons. The Kier molecular flexibility index (Phi) is 2.71. The zero-order valence-corrected chi connectivity index (χ0v) is 10.9. The first-order valence-corrected chi connectivity index (χ1v) is 6.63. The highest BCUT2D eigenvalue weighted by atomic mass is 32.2. The van der Waals surface area contributed by atoms with Crippen molar-refractivity contribution in [2.75, 3.05) is 0 Å². The Hall–Kier alpha value is -2.01. The molecule has 1 aliphatic rings. The van der Waals surface area contributed by atoms with E-state index >= 15 is 0 Å². The van der Waals surface area contributed by atoms with E-state index in [1.54, 1.807) is 11.8 Å². The molecule has 1 aromatic heterocycles. The molecule has 5 heteroatoms. The van der Waals surface area contributed by atoms with Gasteiger partial charge >= 0.3 is 5.97 Å². The molecule has 2 aromatic rings. The monoisotopic (exact) mass is 274 g/mol. The van der Waals surface area contributed by atoms with E-state index in [4.69, 9.17) is 9.52 Å². The Balaban J connectivity index is 2.36. The molecule has 1 atom stereocenters. The fourth-order valence-electron chi connectivity index (χ4n) is 2.20. The van der Waals surface area contributed by atoms with Crippen molar-refractivity contribution in [2.24, 2.45) is 0 Å². The van der Waals surface area contributed by atoms with E-state index < -0.39 is 5.97 Å². The highest BCUT2D eigenvalue weighted by Gasteiger charge is 2.28. The lowest BCUT2D eigenvalue weighted by Crippen LogP contribution is -2.16. The number of aromatic carboxylic acids is 1. The summed E-state index contributed by atoms with van der Waals surface area (Å²) in [7, 11) is 0. The van der Waals surface area contributed by atoms with E-state index in [0.717, 1.165) is 16.5 Å². The van der Waals surface area contributed by atoms with Gasteiger partial charge in [0.25, 0.3) is 0 Å². The Labute approximate surface area is 113 Å². The molecule has 0 aliphatic carbocycles. The van der Waals surface area contributed by atoms with Crippen LogP contribution in [0.4, 0.5) is 0 Å². The molecule has 3 rings (SSSR count). The quantitative estimate of drug-likeness (QED) is 0.865.